The molecular weight excluding hydrogens is 324 g/mol. The van der Waals surface area contributed by atoms with E-state index in [2.05, 4.69) is 5.32 Å². The maximum absolute atomic E-state index is 12.7. The molecule has 0 unspecified atom stereocenters. The fourth-order valence-corrected chi connectivity index (χ4v) is 3.08. The molecule has 0 aliphatic carbocycles. The highest BCUT2D eigenvalue weighted by Gasteiger charge is 2.22. The van der Waals surface area contributed by atoms with Gasteiger partial charge >= 0.3 is 0 Å². The molecule has 2 atom stereocenters. The summed E-state index contributed by atoms with van der Waals surface area (Å²) < 4.78 is 1.82. The molecule has 0 saturated heterocycles. The molecule has 1 amide bonds. The number of benzene rings is 2. The number of aliphatic hydroxyl groups is 1. The van der Waals surface area contributed by atoms with Crippen molar-refractivity contribution in [1.82, 2.24) is 9.88 Å². The summed E-state index contributed by atoms with van der Waals surface area (Å²) in [4.78, 5) is 12.7. The third-order valence-electron chi connectivity index (χ3n) is 4.16. The van der Waals surface area contributed by atoms with Gasteiger partial charge in [0.15, 0.2) is 0 Å². The lowest BCUT2D eigenvalue weighted by atomic mass is 10.0. The normalized spacial score (nSPS) is 13.7. The Hall–Kier alpha value is -2.30. The predicted octanol–water partition coefficient (Wildman–Crippen LogP) is 3.68. The lowest BCUT2D eigenvalue weighted by Gasteiger charge is -2.22. The van der Waals surface area contributed by atoms with Gasteiger partial charge in [0.1, 0.15) is 5.69 Å². The summed E-state index contributed by atoms with van der Waals surface area (Å²) in [7, 11) is 1.84. The van der Waals surface area contributed by atoms with Crippen LogP contribution in [0.2, 0.25) is 5.02 Å². The monoisotopic (exact) mass is 342 g/mol. The van der Waals surface area contributed by atoms with Gasteiger partial charge in [-0.3, -0.25) is 4.79 Å². The van der Waals surface area contributed by atoms with E-state index in [0.29, 0.717) is 10.7 Å². The molecule has 0 saturated carbocycles. The first-order valence-corrected chi connectivity index (χ1v) is 8.14. The van der Waals surface area contributed by atoms with Crippen molar-refractivity contribution in [2.45, 2.75) is 19.1 Å². The van der Waals surface area contributed by atoms with Crippen LogP contribution in [0, 0.1) is 0 Å². The van der Waals surface area contributed by atoms with Gasteiger partial charge in [0.25, 0.3) is 5.91 Å². The minimum absolute atomic E-state index is 0.237. The number of rotatable bonds is 4. The Bertz CT molecular complexity index is 872. The van der Waals surface area contributed by atoms with Gasteiger partial charge in [-0.25, -0.2) is 0 Å². The number of aliphatic hydroxyl groups excluding tert-OH is 1. The smallest absolute Gasteiger partial charge is 0.268 e. The SMILES string of the molecule is C[C@H](O)[C@@H](NC(=O)c1cc2cc(Cl)ccc2n1C)c1ccccc1. The zero-order valence-corrected chi connectivity index (χ0v) is 14.3. The maximum Gasteiger partial charge on any atom is 0.268 e. The summed E-state index contributed by atoms with van der Waals surface area (Å²) in [5, 5.41) is 14.5. The van der Waals surface area contributed by atoms with Crippen molar-refractivity contribution in [2.75, 3.05) is 0 Å². The molecule has 2 N–H and O–H groups in total. The summed E-state index contributed by atoms with van der Waals surface area (Å²) in [6.45, 7) is 1.67. The highest BCUT2D eigenvalue weighted by Crippen LogP contribution is 2.24. The minimum Gasteiger partial charge on any atom is -0.391 e. The third kappa shape index (κ3) is 3.16. The van der Waals surface area contributed by atoms with Crippen LogP contribution in [-0.2, 0) is 7.05 Å². The second-order valence-electron chi connectivity index (χ2n) is 5.89. The highest BCUT2D eigenvalue weighted by atomic mass is 35.5. The molecule has 2 aromatic carbocycles. The largest absolute Gasteiger partial charge is 0.391 e. The maximum atomic E-state index is 12.7. The first-order chi connectivity index (χ1) is 11.5. The number of fused-ring (bicyclic) bond motifs is 1. The van der Waals surface area contributed by atoms with Gasteiger partial charge in [0, 0.05) is 23.0 Å². The zero-order chi connectivity index (χ0) is 17.3. The lowest BCUT2D eigenvalue weighted by Crippen LogP contribution is -2.35. The number of carbonyl (C=O) groups excluding carboxylic acids is 1. The Labute approximate surface area is 145 Å². The van der Waals surface area contributed by atoms with Crippen molar-refractivity contribution in [3.8, 4) is 0 Å². The van der Waals surface area contributed by atoms with Crippen molar-refractivity contribution in [3.63, 3.8) is 0 Å². The Morgan fingerprint density at radius 3 is 2.54 bits per heavy atom. The molecule has 1 heterocycles. The summed E-state index contributed by atoms with van der Waals surface area (Å²) in [5.74, 6) is -0.237. The van der Waals surface area contributed by atoms with Crippen molar-refractivity contribution in [2.24, 2.45) is 7.05 Å². The molecule has 0 aliphatic rings. The van der Waals surface area contributed by atoms with Crippen LogP contribution in [-0.4, -0.2) is 21.7 Å². The van der Waals surface area contributed by atoms with Crippen molar-refractivity contribution in [1.29, 1.82) is 0 Å². The van der Waals surface area contributed by atoms with Gasteiger partial charge in [-0.2, -0.15) is 0 Å². The zero-order valence-electron chi connectivity index (χ0n) is 13.5. The van der Waals surface area contributed by atoms with Crippen LogP contribution in [0.5, 0.6) is 0 Å². The van der Waals surface area contributed by atoms with Gasteiger partial charge in [0.2, 0.25) is 0 Å². The summed E-state index contributed by atoms with van der Waals surface area (Å²) in [5.41, 5.74) is 2.31. The van der Waals surface area contributed by atoms with E-state index < -0.39 is 12.1 Å². The number of nitrogens with one attached hydrogen (secondary N) is 1. The molecule has 0 spiro atoms. The topological polar surface area (TPSA) is 54.3 Å². The summed E-state index contributed by atoms with van der Waals surface area (Å²) >= 11 is 6.02. The predicted molar refractivity (Wildman–Crippen MR) is 96.3 cm³/mol. The second-order valence-corrected chi connectivity index (χ2v) is 6.33. The average Bonchev–Trinajstić information content (AvgIpc) is 2.89. The third-order valence-corrected chi connectivity index (χ3v) is 4.40. The molecule has 1 aromatic heterocycles. The van der Waals surface area contributed by atoms with Crippen LogP contribution in [0.4, 0.5) is 0 Å². The molecule has 0 radical (unpaired) electrons. The van der Waals surface area contributed by atoms with Gasteiger partial charge in [-0.05, 0) is 36.8 Å². The summed E-state index contributed by atoms with van der Waals surface area (Å²) in [6.07, 6.45) is -0.708. The Kier molecular flexibility index (Phi) is 4.60. The van der Waals surface area contributed by atoms with E-state index in [1.807, 2.05) is 54.1 Å². The van der Waals surface area contributed by atoms with Crippen molar-refractivity contribution in [3.05, 3.63) is 70.9 Å². The molecule has 24 heavy (non-hydrogen) atoms. The lowest BCUT2D eigenvalue weighted by molar-refractivity contribution is 0.0851. The minimum atomic E-state index is -0.708. The Morgan fingerprint density at radius 2 is 1.88 bits per heavy atom. The number of amides is 1. The molecule has 0 fully saturated rings. The molecule has 4 nitrogen and oxygen atoms in total. The fourth-order valence-electron chi connectivity index (χ4n) is 2.90. The van der Waals surface area contributed by atoms with Crippen LogP contribution in [0.3, 0.4) is 0 Å². The second kappa shape index (κ2) is 6.67. The van der Waals surface area contributed by atoms with Crippen LogP contribution in [0.25, 0.3) is 10.9 Å². The van der Waals surface area contributed by atoms with Gasteiger partial charge in [-0.1, -0.05) is 41.9 Å². The molecule has 0 bridgehead atoms. The number of carbonyl (C=O) groups is 1. The number of nitrogens with zero attached hydrogens (tertiary/aromatic N) is 1. The number of hydrogen-bond donors (Lipinski definition) is 2. The van der Waals surface area contributed by atoms with E-state index in [9.17, 15) is 9.90 Å². The quantitative estimate of drug-likeness (QED) is 0.760. The van der Waals surface area contributed by atoms with Crippen molar-refractivity contribution < 1.29 is 9.90 Å². The van der Waals surface area contributed by atoms with Gasteiger partial charge in [0.05, 0.1) is 12.1 Å². The molecule has 124 valence electrons. The van der Waals surface area contributed by atoms with E-state index in [0.717, 1.165) is 16.5 Å². The number of halogens is 1. The van der Waals surface area contributed by atoms with E-state index >= 15 is 0 Å². The highest BCUT2D eigenvalue weighted by molar-refractivity contribution is 6.31. The number of aryl methyl sites for hydroxylation is 1. The first kappa shape index (κ1) is 16.6. The van der Waals surface area contributed by atoms with Crippen LogP contribution in [0.15, 0.2) is 54.6 Å². The van der Waals surface area contributed by atoms with E-state index in [1.165, 1.54) is 0 Å². The van der Waals surface area contributed by atoms with Crippen LogP contribution >= 0.6 is 11.6 Å². The standard InChI is InChI=1S/C19H19ClN2O2/c1-12(23)18(13-6-4-3-5-7-13)21-19(24)17-11-14-10-15(20)8-9-16(14)22(17)2/h3-12,18,23H,1-2H3,(H,21,24)/t12-,18+/m0/s1. The number of hydrogen-bond acceptors (Lipinski definition) is 2. The fraction of sp³-hybridized carbons (Fsp3) is 0.211. The Balaban J connectivity index is 1.92. The van der Waals surface area contributed by atoms with Crippen LogP contribution in [0.1, 0.15) is 29.0 Å². The molecular formula is C19H19ClN2O2. The van der Waals surface area contributed by atoms with E-state index in [4.69, 9.17) is 11.6 Å². The summed E-state index contributed by atoms with van der Waals surface area (Å²) in [6, 6.07) is 16.3. The van der Waals surface area contributed by atoms with Gasteiger partial charge < -0.3 is 15.0 Å². The first-order valence-electron chi connectivity index (χ1n) is 7.76. The van der Waals surface area contributed by atoms with Gasteiger partial charge in [-0.15, -0.1) is 0 Å². The average molecular weight is 343 g/mol. The molecule has 3 rings (SSSR count). The molecule has 5 heteroatoms. The van der Waals surface area contributed by atoms with Crippen LogP contribution < -0.4 is 5.32 Å². The number of aromatic nitrogens is 1. The molecule has 3 aromatic rings. The van der Waals surface area contributed by atoms with Crippen molar-refractivity contribution >= 4 is 28.4 Å². The van der Waals surface area contributed by atoms with E-state index in [-0.39, 0.29) is 5.91 Å². The molecule has 0 aliphatic heterocycles. The van der Waals surface area contributed by atoms with E-state index in [1.54, 1.807) is 19.1 Å². The Morgan fingerprint density at radius 1 is 1.17 bits per heavy atom.